The van der Waals surface area contributed by atoms with Gasteiger partial charge in [0.05, 0.1) is 24.1 Å². The normalized spacial score (nSPS) is 12.1. The van der Waals surface area contributed by atoms with Crippen LogP contribution in [0.5, 0.6) is 17.2 Å². The molecule has 0 amide bonds. The van der Waals surface area contributed by atoms with Gasteiger partial charge < -0.3 is 23.9 Å². The Bertz CT molecular complexity index is 1750. The van der Waals surface area contributed by atoms with Crippen LogP contribution in [0.4, 0.5) is 0 Å². The maximum atomic E-state index is 11.5. The predicted octanol–water partition coefficient (Wildman–Crippen LogP) is 7.66. The quantitative estimate of drug-likeness (QED) is 0.148. The summed E-state index contributed by atoms with van der Waals surface area (Å²) in [6.45, 7) is 5.12. The maximum Gasteiger partial charge on any atom is 0.335 e. The van der Waals surface area contributed by atoms with E-state index in [1.165, 1.54) is 0 Å². The number of carboxylic acids is 1. The zero-order valence-corrected chi connectivity index (χ0v) is 25.6. The number of benzene rings is 4. The third-order valence-electron chi connectivity index (χ3n) is 8.03. The Morgan fingerprint density at radius 3 is 2.29 bits per heavy atom. The molecule has 0 saturated heterocycles. The second-order valence-corrected chi connectivity index (χ2v) is 11.2. The van der Waals surface area contributed by atoms with E-state index in [0.717, 1.165) is 76.1 Å². The molecule has 0 bridgehead atoms. The van der Waals surface area contributed by atoms with Crippen LogP contribution in [0, 0.1) is 0 Å². The van der Waals surface area contributed by atoms with Crippen molar-refractivity contribution in [2.45, 2.75) is 45.9 Å². The van der Waals surface area contributed by atoms with E-state index >= 15 is 0 Å². The van der Waals surface area contributed by atoms with E-state index < -0.39 is 5.97 Å². The van der Waals surface area contributed by atoms with Crippen LogP contribution in [0.25, 0.3) is 22.6 Å². The molecule has 0 unspecified atom stereocenters. The predicted molar refractivity (Wildman–Crippen MR) is 173 cm³/mol. The number of ether oxygens (including phenoxy) is 3. The highest BCUT2D eigenvalue weighted by Gasteiger charge is 2.23. The lowest BCUT2D eigenvalue weighted by molar-refractivity contribution is 0.0697. The lowest BCUT2D eigenvalue weighted by Crippen LogP contribution is -2.24. The van der Waals surface area contributed by atoms with E-state index in [1.54, 1.807) is 19.2 Å². The SMILES string of the molecule is CCCCn1c(-c2ccccc2)nc(-c2ccc(OC)cc2)c1CN(Cc1ccc(C(=O)O)cc1)Cc1ccc2c(c1)OCO2. The van der Waals surface area contributed by atoms with E-state index in [4.69, 9.17) is 19.2 Å². The Balaban J connectivity index is 1.44. The lowest BCUT2D eigenvalue weighted by atomic mass is 10.1. The Kier molecular flexibility index (Phi) is 9.12. The molecular weight excluding hydrogens is 566 g/mol. The summed E-state index contributed by atoms with van der Waals surface area (Å²) < 4.78 is 19.1. The van der Waals surface area contributed by atoms with Crippen LogP contribution in [0.1, 0.15) is 46.9 Å². The van der Waals surface area contributed by atoms with E-state index in [9.17, 15) is 9.90 Å². The fraction of sp³-hybridized carbons (Fsp3) is 0.243. The van der Waals surface area contributed by atoms with E-state index in [-0.39, 0.29) is 12.4 Å². The maximum absolute atomic E-state index is 11.5. The highest BCUT2D eigenvalue weighted by atomic mass is 16.7. The topological polar surface area (TPSA) is 86.1 Å². The first kappa shape index (κ1) is 30.0. The van der Waals surface area contributed by atoms with Crippen molar-refractivity contribution in [3.8, 4) is 39.9 Å². The van der Waals surface area contributed by atoms with Crippen LogP contribution >= 0.6 is 0 Å². The molecule has 6 rings (SSSR count). The number of carboxylic acid groups (broad SMARTS) is 1. The monoisotopic (exact) mass is 603 g/mol. The summed E-state index contributed by atoms with van der Waals surface area (Å²) in [7, 11) is 1.67. The van der Waals surface area contributed by atoms with Crippen LogP contribution in [-0.2, 0) is 26.2 Å². The van der Waals surface area contributed by atoms with Crippen LogP contribution in [0.3, 0.4) is 0 Å². The first-order valence-electron chi connectivity index (χ1n) is 15.2. The number of fused-ring (bicyclic) bond motifs is 1. The second-order valence-electron chi connectivity index (χ2n) is 11.2. The molecule has 5 aromatic rings. The van der Waals surface area contributed by atoms with Gasteiger partial charge in [-0.25, -0.2) is 9.78 Å². The molecule has 0 atom stereocenters. The Labute approximate surface area is 263 Å². The van der Waals surface area contributed by atoms with Gasteiger partial charge in [0.2, 0.25) is 6.79 Å². The van der Waals surface area contributed by atoms with E-state index in [2.05, 4.69) is 46.7 Å². The first-order valence-corrected chi connectivity index (χ1v) is 15.2. The molecule has 45 heavy (non-hydrogen) atoms. The summed E-state index contributed by atoms with van der Waals surface area (Å²) in [5.74, 6) is 2.30. The molecule has 0 radical (unpaired) electrons. The summed E-state index contributed by atoms with van der Waals surface area (Å²) in [6.07, 6.45) is 2.07. The molecule has 8 nitrogen and oxygen atoms in total. The minimum atomic E-state index is -0.934. The highest BCUT2D eigenvalue weighted by Crippen LogP contribution is 2.35. The molecule has 1 aromatic heterocycles. The van der Waals surface area contributed by atoms with Crippen molar-refractivity contribution in [3.63, 3.8) is 0 Å². The average Bonchev–Trinajstić information content (AvgIpc) is 3.69. The smallest absolute Gasteiger partial charge is 0.335 e. The molecule has 8 heteroatoms. The first-order chi connectivity index (χ1) is 22.0. The fourth-order valence-electron chi connectivity index (χ4n) is 5.68. The molecule has 4 aromatic carbocycles. The molecule has 230 valence electrons. The van der Waals surface area contributed by atoms with Crippen molar-refractivity contribution >= 4 is 5.97 Å². The Hall–Kier alpha value is -5.08. The second kappa shape index (κ2) is 13.7. The number of aromatic carboxylic acids is 1. The summed E-state index contributed by atoms with van der Waals surface area (Å²) >= 11 is 0. The van der Waals surface area contributed by atoms with Crippen molar-refractivity contribution in [3.05, 3.63) is 119 Å². The van der Waals surface area contributed by atoms with E-state index in [1.807, 2.05) is 54.6 Å². The summed E-state index contributed by atoms with van der Waals surface area (Å²) in [4.78, 5) is 19.2. The molecule has 1 N–H and O–H groups in total. The number of hydrogen-bond donors (Lipinski definition) is 1. The van der Waals surface area contributed by atoms with Crippen molar-refractivity contribution < 1.29 is 24.1 Å². The fourth-order valence-corrected chi connectivity index (χ4v) is 5.68. The Morgan fingerprint density at radius 1 is 0.867 bits per heavy atom. The molecule has 0 saturated carbocycles. The zero-order valence-electron chi connectivity index (χ0n) is 25.6. The number of methoxy groups -OCH3 is 1. The van der Waals surface area contributed by atoms with Crippen molar-refractivity contribution in [1.82, 2.24) is 14.5 Å². The molecule has 0 aliphatic carbocycles. The number of aromatic nitrogens is 2. The molecule has 1 aliphatic heterocycles. The van der Waals surface area contributed by atoms with Gasteiger partial charge in [0, 0.05) is 37.3 Å². The van der Waals surface area contributed by atoms with E-state index in [0.29, 0.717) is 19.6 Å². The Morgan fingerprint density at radius 2 is 1.58 bits per heavy atom. The van der Waals surface area contributed by atoms with Gasteiger partial charge in [-0.1, -0.05) is 61.9 Å². The van der Waals surface area contributed by atoms with Gasteiger partial charge >= 0.3 is 5.97 Å². The summed E-state index contributed by atoms with van der Waals surface area (Å²) in [6, 6.07) is 31.6. The van der Waals surface area contributed by atoms with Gasteiger partial charge in [-0.05, 0) is 66.1 Å². The number of rotatable bonds is 13. The van der Waals surface area contributed by atoms with Gasteiger partial charge in [-0.15, -0.1) is 0 Å². The number of unbranched alkanes of at least 4 members (excludes halogenated alkanes) is 1. The molecular formula is C37H37N3O5. The third kappa shape index (κ3) is 6.86. The third-order valence-corrected chi connectivity index (χ3v) is 8.03. The van der Waals surface area contributed by atoms with Gasteiger partial charge in [0.15, 0.2) is 11.5 Å². The van der Waals surface area contributed by atoms with Crippen molar-refractivity contribution in [2.24, 2.45) is 0 Å². The van der Waals surface area contributed by atoms with Crippen LogP contribution in [0.15, 0.2) is 97.1 Å². The molecule has 1 aliphatic rings. The highest BCUT2D eigenvalue weighted by molar-refractivity contribution is 5.87. The van der Waals surface area contributed by atoms with Crippen molar-refractivity contribution in [1.29, 1.82) is 0 Å². The summed E-state index contributed by atoms with van der Waals surface area (Å²) in [5, 5.41) is 9.44. The number of hydrogen-bond acceptors (Lipinski definition) is 6. The molecule has 2 heterocycles. The minimum absolute atomic E-state index is 0.225. The van der Waals surface area contributed by atoms with Crippen LogP contribution < -0.4 is 14.2 Å². The molecule has 0 spiro atoms. The molecule has 0 fully saturated rings. The van der Waals surface area contributed by atoms with Gasteiger partial charge in [0.1, 0.15) is 11.6 Å². The number of carbonyl (C=O) groups is 1. The van der Waals surface area contributed by atoms with Crippen molar-refractivity contribution in [2.75, 3.05) is 13.9 Å². The standard InChI is InChI=1S/C37H37N3O5/c1-3-4-20-40-32(35(28-15-17-31(43-2)18-16-28)38-36(40)29-8-6-5-7-9-29)24-39(22-26-10-13-30(14-11-26)37(41)42)23-27-12-19-33-34(21-27)45-25-44-33/h5-19,21H,3-4,20,22-25H2,1-2H3,(H,41,42). The van der Waals surface area contributed by atoms with Gasteiger partial charge in [0.25, 0.3) is 0 Å². The number of nitrogens with zero attached hydrogens (tertiary/aromatic N) is 3. The summed E-state index contributed by atoms with van der Waals surface area (Å²) in [5.41, 5.74) is 6.53. The minimum Gasteiger partial charge on any atom is -0.497 e. The van der Waals surface area contributed by atoms with Crippen LogP contribution in [-0.4, -0.2) is 39.4 Å². The van der Waals surface area contributed by atoms with Gasteiger partial charge in [-0.3, -0.25) is 4.90 Å². The largest absolute Gasteiger partial charge is 0.497 e. The number of imidazole rings is 1. The van der Waals surface area contributed by atoms with Gasteiger partial charge in [-0.2, -0.15) is 0 Å². The lowest BCUT2D eigenvalue weighted by Gasteiger charge is -2.25. The average molecular weight is 604 g/mol. The van der Waals surface area contributed by atoms with Crippen LogP contribution in [0.2, 0.25) is 0 Å². The zero-order chi connectivity index (χ0) is 31.2.